The number of rotatable bonds is 7. The van der Waals surface area contributed by atoms with E-state index >= 15 is 0 Å². The molecule has 2 aromatic carbocycles. The highest BCUT2D eigenvalue weighted by Crippen LogP contribution is 2.42. The molecule has 9 heteroatoms. The normalized spacial score (nSPS) is 17.2. The standard InChI is InChI=1S/C23H20BrN3O3S2/c1-3-19-26-27-23(32-19)20-21(28)18(31-22(20)25)11-14-6-9-16(17(10-14)29-2)30-12-13-4-7-15(24)8-5-13/h4-11,20,25H,3,12H2,1-2H3/b18-11-,25-22?/t20-/m0/s1. The molecular formula is C23H20BrN3O3S2. The zero-order chi connectivity index (χ0) is 22.7. The second-order valence-corrected chi connectivity index (χ2v) is 10.1. The van der Waals surface area contributed by atoms with E-state index in [-0.39, 0.29) is 10.8 Å². The van der Waals surface area contributed by atoms with E-state index in [2.05, 4.69) is 26.1 Å². The van der Waals surface area contributed by atoms with Crippen molar-refractivity contribution in [3.05, 3.63) is 73.0 Å². The smallest absolute Gasteiger partial charge is 0.186 e. The van der Waals surface area contributed by atoms with E-state index in [9.17, 15) is 4.79 Å². The van der Waals surface area contributed by atoms with Gasteiger partial charge >= 0.3 is 0 Å². The van der Waals surface area contributed by atoms with Crippen LogP contribution in [-0.2, 0) is 17.8 Å². The van der Waals surface area contributed by atoms with Gasteiger partial charge in [-0.25, -0.2) is 0 Å². The van der Waals surface area contributed by atoms with Gasteiger partial charge in [0.25, 0.3) is 0 Å². The Balaban J connectivity index is 1.51. The fraction of sp³-hybridized carbons (Fsp3) is 0.217. The second kappa shape index (κ2) is 9.97. The highest BCUT2D eigenvalue weighted by Gasteiger charge is 2.39. The van der Waals surface area contributed by atoms with E-state index in [0.717, 1.165) is 27.0 Å². The number of ketones is 1. The van der Waals surface area contributed by atoms with Crippen LogP contribution in [-0.4, -0.2) is 28.1 Å². The van der Waals surface area contributed by atoms with Gasteiger partial charge in [-0.3, -0.25) is 10.2 Å². The number of aromatic nitrogens is 2. The minimum Gasteiger partial charge on any atom is -0.493 e. The van der Waals surface area contributed by atoms with Gasteiger partial charge in [0.1, 0.15) is 22.5 Å². The molecule has 0 saturated carbocycles. The molecule has 0 unspecified atom stereocenters. The molecule has 0 amide bonds. The number of nitrogens with one attached hydrogen (secondary N) is 1. The SMILES string of the molecule is CCc1nnc([C@@H]2C(=N)S/C(=C\c3ccc(OCc4ccc(Br)cc4)c(OC)c3)C2=O)s1. The minimum absolute atomic E-state index is 0.117. The molecule has 6 nitrogen and oxygen atoms in total. The van der Waals surface area contributed by atoms with Crippen LogP contribution in [0.2, 0.25) is 0 Å². The zero-order valence-corrected chi connectivity index (χ0v) is 20.6. The number of aryl methyl sites for hydroxylation is 1. The number of ether oxygens (including phenoxy) is 2. The summed E-state index contributed by atoms with van der Waals surface area (Å²) in [5, 5.41) is 18.2. The maximum Gasteiger partial charge on any atom is 0.186 e. The summed E-state index contributed by atoms with van der Waals surface area (Å²) in [5.74, 6) is 0.428. The van der Waals surface area contributed by atoms with Crippen LogP contribution in [0, 0.1) is 5.41 Å². The largest absolute Gasteiger partial charge is 0.493 e. The summed E-state index contributed by atoms with van der Waals surface area (Å²) >= 11 is 5.99. The molecule has 1 aliphatic rings. The van der Waals surface area contributed by atoms with Gasteiger partial charge in [-0.2, -0.15) is 0 Å². The average molecular weight is 530 g/mol. The Morgan fingerprint density at radius 3 is 2.62 bits per heavy atom. The first-order chi connectivity index (χ1) is 15.5. The molecule has 32 heavy (non-hydrogen) atoms. The molecule has 0 aliphatic carbocycles. The molecule has 164 valence electrons. The fourth-order valence-electron chi connectivity index (χ4n) is 3.13. The number of nitrogens with zero attached hydrogens (tertiary/aromatic N) is 2. The molecule has 4 rings (SSSR count). The Kier molecular flexibility index (Phi) is 7.07. The first-order valence-corrected chi connectivity index (χ1v) is 12.3. The molecule has 0 spiro atoms. The third-order valence-electron chi connectivity index (χ3n) is 4.81. The Hall–Kier alpha value is -2.49. The van der Waals surface area contributed by atoms with Crippen LogP contribution in [0.1, 0.15) is 34.0 Å². The van der Waals surface area contributed by atoms with Crippen molar-refractivity contribution >= 4 is 55.9 Å². The molecule has 3 aromatic rings. The molecule has 1 N–H and O–H groups in total. The van der Waals surface area contributed by atoms with Gasteiger partial charge in [-0.1, -0.05) is 52.8 Å². The van der Waals surface area contributed by atoms with Gasteiger partial charge < -0.3 is 9.47 Å². The number of halogens is 1. The van der Waals surface area contributed by atoms with E-state index in [4.69, 9.17) is 14.9 Å². The number of benzene rings is 2. The predicted octanol–water partition coefficient (Wildman–Crippen LogP) is 5.87. The van der Waals surface area contributed by atoms with Gasteiger partial charge in [0.05, 0.1) is 17.1 Å². The number of carbonyl (C=O) groups excluding carboxylic acids is 1. The number of carbonyl (C=O) groups is 1. The molecule has 1 saturated heterocycles. The number of hydrogen-bond donors (Lipinski definition) is 1. The van der Waals surface area contributed by atoms with Crippen LogP contribution in [0.3, 0.4) is 0 Å². The molecule has 1 aliphatic heterocycles. The summed E-state index contributed by atoms with van der Waals surface area (Å²) in [4.78, 5) is 13.5. The van der Waals surface area contributed by atoms with Gasteiger partial charge in [0.15, 0.2) is 17.3 Å². The second-order valence-electron chi connectivity index (χ2n) is 6.99. The van der Waals surface area contributed by atoms with E-state index < -0.39 is 5.92 Å². The van der Waals surface area contributed by atoms with Gasteiger partial charge in [0, 0.05) is 4.47 Å². The fourth-order valence-corrected chi connectivity index (χ4v) is 5.34. The zero-order valence-electron chi connectivity index (χ0n) is 17.4. The highest BCUT2D eigenvalue weighted by atomic mass is 79.9. The van der Waals surface area contributed by atoms with Crippen LogP contribution in [0.15, 0.2) is 51.8 Å². The van der Waals surface area contributed by atoms with Crippen molar-refractivity contribution < 1.29 is 14.3 Å². The average Bonchev–Trinajstić information content (AvgIpc) is 3.37. The Labute approximate surface area is 202 Å². The van der Waals surface area contributed by atoms with E-state index in [1.807, 2.05) is 49.4 Å². The minimum atomic E-state index is -0.653. The summed E-state index contributed by atoms with van der Waals surface area (Å²) in [7, 11) is 1.58. The van der Waals surface area contributed by atoms with Crippen molar-refractivity contribution in [1.29, 1.82) is 5.41 Å². The predicted molar refractivity (Wildman–Crippen MR) is 132 cm³/mol. The van der Waals surface area contributed by atoms with Crippen LogP contribution < -0.4 is 9.47 Å². The van der Waals surface area contributed by atoms with Gasteiger partial charge in [-0.05, 0) is 47.9 Å². The number of thioether (sulfide) groups is 1. The van der Waals surface area contributed by atoms with E-state index in [1.54, 1.807) is 13.2 Å². The van der Waals surface area contributed by atoms with Gasteiger partial charge in [0.2, 0.25) is 0 Å². The maximum absolute atomic E-state index is 13.0. The van der Waals surface area contributed by atoms with Crippen LogP contribution in [0.25, 0.3) is 6.08 Å². The summed E-state index contributed by atoms with van der Waals surface area (Å²) in [6, 6.07) is 13.5. The number of Topliss-reactive ketones (excluding diaryl/α,β-unsaturated/α-hetero) is 1. The molecule has 0 bridgehead atoms. The number of hydrogen-bond acceptors (Lipinski definition) is 8. The van der Waals surface area contributed by atoms with E-state index in [0.29, 0.717) is 28.0 Å². The van der Waals surface area contributed by atoms with Crippen LogP contribution >= 0.6 is 39.0 Å². The monoisotopic (exact) mass is 529 g/mol. The summed E-state index contributed by atoms with van der Waals surface area (Å²) in [5.41, 5.74) is 1.84. The van der Waals surface area contributed by atoms with Crippen molar-refractivity contribution in [2.45, 2.75) is 25.9 Å². The van der Waals surface area contributed by atoms with Crippen molar-refractivity contribution in [1.82, 2.24) is 10.2 Å². The quantitative estimate of drug-likeness (QED) is 0.385. The Morgan fingerprint density at radius 2 is 1.94 bits per heavy atom. The first-order valence-electron chi connectivity index (χ1n) is 9.88. The summed E-state index contributed by atoms with van der Waals surface area (Å²) in [6.45, 7) is 2.41. The summed E-state index contributed by atoms with van der Waals surface area (Å²) in [6.07, 6.45) is 2.54. The van der Waals surface area contributed by atoms with Crippen molar-refractivity contribution in [2.24, 2.45) is 0 Å². The number of allylic oxidation sites excluding steroid dienone is 1. The highest BCUT2D eigenvalue weighted by molar-refractivity contribution is 9.10. The van der Waals surface area contributed by atoms with Gasteiger partial charge in [-0.15, -0.1) is 21.5 Å². The van der Waals surface area contributed by atoms with Crippen LogP contribution in [0.5, 0.6) is 11.5 Å². The Morgan fingerprint density at radius 1 is 1.16 bits per heavy atom. The third-order valence-corrected chi connectivity index (χ3v) is 7.47. The first kappa shape index (κ1) is 22.7. The van der Waals surface area contributed by atoms with Crippen LogP contribution in [0.4, 0.5) is 0 Å². The molecule has 1 fully saturated rings. The van der Waals surface area contributed by atoms with Crippen molar-refractivity contribution in [3.8, 4) is 11.5 Å². The lowest BCUT2D eigenvalue weighted by Crippen LogP contribution is -2.11. The topological polar surface area (TPSA) is 85.2 Å². The summed E-state index contributed by atoms with van der Waals surface area (Å²) < 4.78 is 12.4. The van der Waals surface area contributed by atoms with E-state index in [1.165, 1.54) is 23.1 Å². The molecule has 2 heterocycles. The van der Waals surface area contributed by atoms with Crippen molar-refractivity contribution in [3.63, 3.8) is 0 Å². The molecular weight excluding hydrogens is 510 g/mol. The lowest BCUT2D eigenvalue weighted by Gasteiger charge is -2.11. The maximum atomic E-state index is 13.0. The van der Waals surface area contributed by atoms with Crippen molar-refractivity contribution in [2.75, 3.05) is 7.11 Å². The lowest BCUT2D eigenvalue weighted by molar-refractivity contribution is -0.114. The lowest BCUT2D eigenvalue weighted by atomic mass is 10.1. The number of methoxy groups -OCH3 is 1. The third kappa shape index (κ3) is 4.95. The molecule has 1 atom stereocenters. The molecule has 0 radical (unpaired) electrons. The molecule has 1 aromatic heterocycles. The Bertz CT molecular complexity index is 1190.